The van der Waals surface area contributed by atoms with Crippen LogP contribution in [0.2, 0.25) is 0 Å². The lowest BCUT2D eigenvalue weighted by molar-refractivity contribution is -0.149. The predicted octanol–water partition coefficient (Wildman–Crippen LogP) is 0.0104. The first-order chi connectivity index (χ1) is 9.86. The van der Waals surface area contributed by atoms with Crippen molar-refractivity contribution in [3.05, 3.63) is 12.2 Å². The van der Waals surface area contributed by atoms with Gasteiger partial charge >= 0.3 is 5.97 Å². The van der Waals surface area contributed by atoms with Gasteiger partial charge in [0.25, 0.3) is 16.6 Å². The number of ether oxygens (including phenoxy) is 2. The normalized spacial score (nSPS) is 41.8. The third-order valence-corrected chi connectivity index (χ3v) is 6.41. The van der Waals surface area contributed by atoms with E-state index in [1.165, 1.54) is 6.92 Å². The van der Waals surface area contributed by atoms with Crippen molar-refractivity contribution in [2.24, 2.45) is 17.8 Å². The molecule has 3 aliphatic rings. The highest BCUT2D eigenvalue weighted by molar-refractivity contribution is 7.87. The Hall–Kier alpha value is -1.41. The molecule has 0 aromatic rings. The Bertz CT molecular complexity index is 596. The number of carbonyl (C=O) groups is 2. The molecular weight excluding hydrogens is 300 g/mol. The van der Waals surface area contributed by atoms with Crippen LogP contribution in [-0.4, -0.2) is 44.9 Å². The highest BCUT2D eigenvalue weighted by Crippen LogP contribution is 2.58. The molecule has 6 atom stereocenters. The van der Waals surface area contributed by atoms with Crippen LogP contribution in [0.15, 0.2) is 12.2 Å². The van der Waals surface area contributed by atoms with Crippen LogP contribution in [0.1, 0.15) is 13.3 Å². The molecule has 2 bridgehead atoms. The van der Waals surface area contributed by atoms with Crippen LogP contribution in [-0.2, 0) is 33.4 Å². The number of carbonyl (C=O) groups excluding carboxylic acids is 2. The van der Waals surface area contributed by atoms with E-state index in [-0.39, 0.29) is 29.9 Å². The Labute approximate surface area is 122 Å². The number of hydrogen-bond acceptors (Lipinski definition) is 7. The molecule has 0 radical (unpaired) electrons. The van der Waals surface area contributed by atoms with E-state index >= 15 is 0 Å². The van der Waals surface area contributed by atoms with Crippen molar-refractivity contribution in [1.29, 1.82) is 0 Å². The molecule has 1 saturated heterocycles. The average molecular weight is 316 g/mol. The summed E-state index contributed by atoms with van der Waals surface area (Å²) in [5, 5.41) is -0.816. The molecule has 0 spiro atoms. The second-order valence-electron chi connectivity index (χ2n) is 5.83. The van der Waals surface area contributed by atoms with E-state index in [0.29, 0.717) is 12.9 Å². The maximum atomic E-state index is 12.1. The van der Waals surface area contributed by atoms with Crippen LogP contribution in [0.3, 0.4) is 0 Å². The van der Waals surface area contributed by atoms with Gasteiger partial charge in [-0.25, -0.2) is 4.79 Å². The lowest BCUT2D eigenvalue weighted by Gasteiger charge is -2.30. The quantitative estimate of drug-likeness (QED) is 0.305. The van der Waals surface area contributed by atoms with Gasteiger partial charge in [-0.05, 0) is 13.3 Å². The molecule has 0 aromatic heterocycles. The lowest BCUT2D eigenvalue weighted by atomic mass is 9.84. The minimum atomic E-state index is -3.76. The molecule has 21 heavy (non-hydrogen) atoms. The topological polar surface area (TPSA) is 96.0 Å². The highest BCUT2D eigenvalue weighted by atomic mass is 32.2. The first-order valence-corrected chi connectivity index (χ1v) is 8.18. The molecule has 8 heteroatoms. The molecule has 0 N–H and O–H groups in total. The zero-order chi connectivity index (χ0) is 15.4. The van der Waals surface area contributed by atoms with Gasteiger partial charge < -0.3 is 9.47 Å². The van der Waals surface area contributed by atoms with Crippen LogP contribution in [0.25, 0.3) is 0 Å². The summed E-state index contributed by atoms with van der Waals surface area (Å²) in [6.45, 7) is 5.39. The number of fused-ring (bicyclic) bond motifs is 1. The van der Waals surface area contributed by atoms with Gasteiger partial charge in [-0.15, -0.1) is 0 Å². The highest BCUT2D eigenvalue weighted by Gasteiger charge is 2.70. The zero-order valence-corrected chi connectivity index (χ0v) is 12.2. The van der Waals surface area contributed by atoms with Crippen molar-refractivity contribution in [3.63, 3.8) is 0 Å². The van der Waals surface area contributed by atoms with E-state index in [1.54, 1.807) is 0 Å². The summed E-state index contributed by atoms with van der Waals surface area (Å²) in [5.74, 6) is -1.26. The van der Waals surface area contributed by atoms with Crippen LogP contribution in [0.5, 0.6) is 0 Å². The van der Waals surface area contributed by atoms with Gasteiger partial charge in [0.05, 0.1) is 12.7 Å². The second-order valence-corrected chi connectivity index (χ2v) is 7.55. The number of rotatable bonds is 5. The monoisotopic (exact) mass is 316 g/mol. The van der Waals surface area contributed by atoms with Gasteiger partial charge in [-0.3, -0.25) is 8.98 Å². The van der Waals surface area contributed by atoms with Gasteiger partial charge in [0, 0.05) is 23.3 Å². The van der Waals surface area contributed by atoms with Gasteiger partial charge in [0.15, 0.2) is 0 Å². The first kappa shape index (κ1) is 14.5. The van der Waals surface area contributed by atoms with Crippen LogP contribution in [0.4, 0.5) is 0 Å². The molecule has 2 saturated carbocycles. The molecule has 3 fully saturated rings. The van der Waals surface area contributed by atoms with Gasteiger partial charge in [0.1, 0.15) is 11.4 Å². The minimum absolute atomic E-state index is 0.0682. The van der Waals surface area contributed by atoms with Gasteiger partial charge in [-0.1, -0.05) is 6.58 Å². The van der Waals surface area contributed by atoms with Crippen LogP contribution >= 0.6 is 0 Å². The molecule has 3 rings (SSSR count). The smallest absolute Gasteiger partial charge is 0.333 e. The maximum absolute atomic E-state index is 12.1. The van der Waals surface area contributed by atoms with Crippen molar-refractivity contribution in [2.45, 2.75) is 30.8 Å². The van der Waals surface area contributed by atoms with E-state index in [0.717, 1.165) is 0 Å². The van der Waals surface area contributed by atoms with Crippen LogP contribution < -0.4 is 0 Å². The molecule has 2 aliphatic carbocycles. The third-order valence-electron chi connectivity index (χ3n) is 4.63. The standard InChI is InChI=1S/C13H16O7S/c1-6(2)13(15)19-11-7-3-8-10(9(7)4-18-5-14)20-21(16,17)12(8)11/h5,7-12H,1,3-4H2,2H3. The van der Waals surface area contributed by atoms with E-state index in [2.05, 4.69) is 6.58 Å². The van der Waals surface area contributed by atoms with Gasteiger partial charge in [-0.2, -0.15) is 8.42 Å². The molecule has 0 amide bonds. The van der Waals surface area contributed by atoms with E-state index in [4.69, 9.17) is 13.7 Å². The first-order valence-electron chi connectivity index (χ1n) is 6.70. The fraction of sp³-hybridized carbons (Fsp3) is 0.692. The van der Waals surface area contributed by atoms with Crippen molar-refractivity contribution in [2.75, 3.05) is 6.61 Å². The van der Waals surface area contributed by atoms with Crippen molar-refractivity contribution < 1.29 is 31.7 Å². The van der Waals surface area contributed by atoms with Gasteiger partial charge in [0.2, 0.25) is 0 Å². The molecule has 116 valence electrons. The summed E-state index contributed by atoms with van der Waals surface area (Å²) in [6.07, 6.45) is -0.650. The van der Waals surface area contributed by atoms with Crippen molar-refractivity contribution in [1.82, 2.24) is 0 Å². The Balaban J connectivity index is 1.88. The largest absolute Gasteiger partial charge is 0.467 e. The summed E-state index contributed by atoms with van der Waals surface area (Å²) in [4.78, 5) is 22.1. The fourth-order valence-corrected chi connectivity index (χ4v) is 5.86. The summed E-state index contributed by atoms with van der Waals surface area (Å²) in [7, 11) is -3.76. The minimum Gasteiger partial charge on any atom is -0.467 e. The fourth-order valence-electron chi connectivity index (χ4n) is 3.86. The molecule has 0 aromatic carbocycles. The SMILES string of the molecule is C=C(C)C(=O)OC1C2CC3C(OS(=O)(=O)C31)C2COC=O. The molecule has 1 aliphatic heterocycles. The Morgan fingerprint density at radius 3 is 2.76 bits per heavy atom. The Morgan fingerprint density at radius 2 is 2.14 bits per heavy atom. The molecule has 7 nitrogen and oxygen atoms in total. The summed E-state index contributed by atoms with van der Waals surface area (Å²) < 4.78 is 39.5. The zero-order valence-electron chi connectivity index (χ0n) is 11.4. The van der Waals surface area contributed by atoms with Crippen molar-refractivity contribution in [3.8, 4) is 0 Å². The predicted molar refractivity (Wildman–Crippen MR) is 69.4 cm³/mol. The maximum Gasteiger partial charge on any atom is 0.333 e. The molecular formula is C13H16O7S. The second kappa shape index (κ2) is 4.81. The Kier molecular flexibility index (Phi) is 3.32. The number of esters is 1. The Morgan fingerprint density at radius 1 is 1.43 bits per heavy atom. The lowest BCUT2D eigenvalue weighted by Crippen LogP contribution is -2.44. The van der Waals surface area contributed by atoms with Crippen molar-refractivity contribution >= 4 is 22.6 Å². The molecule has 6 unspecified atom stereocenters. The molecule has 1 heterocycles. The third kappa shape index (κ3) is 2.08. The van der Waals surface area contributed by atoms with E-state index < -0.39 is 33.5 Å². The van der Waals surface area contributed by atoms with E-state index in [9.17, 15) is 18.0 Å². The average Bonchev–Trinajstić information content (AvgIpc) is 2.97. The summed E-state index contributed by atoms with van der Waals surface area (Å²) in [5.41, 5.74) is 0.214. The number of hydrogen-bond donors (Lipinski definition) is 0. The van der Waals surface area contributed by atoms with E-state index in [1.807, 2.05) is 0 Å². The summed E-state index contributed by atoms with van der Waals surface area (Å²) >= 11 is 0. The summed E-state index contributed by atoms with van der Waals surface area (Å²) in [6, 6.07) is 0. The van der Waals surface area contributed by atoms with Crippen LogP contribution in [0, 0.1) is 17.8 Å².